The minimum absolute atomic E-state index is 0.147. The Kier molecular flexibility index (Phi) is 6.74. The highest BCUT2D eigenvalue weighted by atomic mass is 28.4. The van der Waals surface area contributed by atoms with Gasteiger partial charge in [0.05, 0.1) is 36.1 Å². The van der Waals surface area contributed by atoms with Crippen LogP contribution in [0.1, 0.15) is 43.6 Å². The lowest BCUT2D eigenvalue weighted by atomic mass is 9.95. The first-order valence-electron chi connectivity index (χ1n) is 14.4. The number of nitrogens with zero attached hydrogens (tertiary/aromatic N) is 3. The first-order valence-corrected chi connectivity index (χ1v) is 17.3. The molecule has 0 aliphatic carbocycles. The van der Waals surface area contributed by atoms with Crippen molar-refractivity contribution >= 4 is 41.0 Å². The Morgan fingerprint density at radius 1 is 0.905 bits per heavy atom. The van der Waals surface area contributed by atoms with Crippen LogP contribution < -0.4 is 4.74 Å². The lowest BCUT2D eigenvalue weighted by Crippen LogP contribution is -2.40. The average molecular weight is 579 g/mol. The minimum Gasteiger partial charge on any atom is -0.496 e. The molecule has 1 N–H and O–H groups in total. The van der Waals surface area contributed by atoms with Crippen molar-refractivity contribution in [1.82, 2.24) is 20.1 Å². The SMILES string of the molecule is COc1cc2c(cc1-c1c(C)noc1C)[nH]c1nc(C)nc(-c3ccc(CO[Si](C)(C)C(C)(C)C)c4ccccc34)c12. The smallest absolute Gasteiger partial charge is 0.192 e. The van der Waals surface area contributed by atoms with E-state index in [1.807, 2.05) is 20.8 Å². The van der Waals surface area contributed by atoms with Crippen molar-refractivity contribution in [2.24, 2.45) is 0 Å². The number of rotatable bonds is 6. The van der Waals surface area contributed by atoms with Gasteiger partial charge in [0.25, 0.3) is 0 Å². The third kappa shape index (κ3) is 4.59. The number of hydrogen-bond donors (Lipinski definition) is 1. The summed E-state index contributed by atoms with van der Waals surface area (Å²) < 4.78 is 18.0. The second-order valence-corrected chi connectivity index (χ2v) is 17.4. The number of ether oxygens (including phenoxy) is 1. The zero-order valence-electron chi connectivity index (χ0n) is 25.9. The largest absolute Gasteiger partial charge is 0.496 e. The van der Waals surface area contributed by atoms with Crippen LogP contribution in [0.5, 0.6) is 5.75 Å². The summed E-state index contributed by atoms with van der Waals surface area (Å²) >= 11 is 0. The van der Waals surface area contributed by atoms with Gasteiger partial charge in [0, 0.05) is 22.0 Å². The third-order valence-corrected chi connectivity index (χ3v) is 13.3. The van der Waals surface area contributed by atoms with Crippen LogP contribution in [-0.2, 0) is 11.0 Å². The molecule has 0 aliphatic heterocycles. The molecule has 0 spiro atoms. The van der Waals surface area contributed by atoms with Crippen molar-refractivity contribution < 1.29 is 13.7 Å². The fraction of sp³-hybridized carbons (Fsp3) is 0.324. The van der Waals surface area contributed by atoms with Crippen LogP contribution in [0.15, 0.2) is 53.1 Å². The van der Waals surface area contributed by atoms with E-state index >= 15 is 0 Å². The van der Waals surface area contributed by atoms with Gasteiger partial charge in [-0.2, -0.15) is 0 Å². The van der Waals surface area contributed by atoms with Gasteiger partial charge in [0.2, 0.25) is 0 Å². The van der Waals surface area contributed by atoms with Crippen LogP contribution >= 0.6 is 0 Å². The van der Waals surface area contributed by atoms with Crippen molar-refractivity contribution in [3.05, 3.63) is 71.4 Å². The number of nitrogens with one attached hydrogen (secondary N) is 1. The molecule has 3 aromatic carbocycles. The molecule has 8 heteroatoms. The van der Waals surface area contributed by atoms with E-state index in [4.69, 9.17) is 23.7 Å². The van der Waals surface area contributed by atoms with Crippen LogP contribution in [0.25, 0.3) is 55.1 Å². The second kappa shape index (κ2) is 10.1. The Bertz CT molecular complexity index is 1960. The van der Waals surface area contributed by atoms with Gasteiger partial charge in [-0.25, -0.2) is 9.97 Å². The van der Waals surface area contributed by atoms with Gasteiger partial charge in [0.1, 0.15) is 23.0 Å². The molecule has 0 unspecified atom stereocenters. The van der Waals surface area contributed by atoms with E-state index in [-0.39, 0.29) is 5.04 Å². The van der Waals surface area contributed by atoms with Gasteiger partial charge in [-0.3, -0.25) is 0 Å². The maximum Gasteiger partial charge on any atom is 0.192 e. The molecule has 0 atom stereocenters. The minimum atomic E-state index is -1.91. The van der Waals surface area contributed by atoms with E-state index < -0.39 is 8.32 Å². The zero-order chi connectivity index (χ0) is 30.0. The molecule has 6 aromatic rings. The van der Waals surface area contributed by atoms with Crippen LogP contribution in [-0.4, -0.2) is 35.5 Å². The van der Waals surface area contributed by atoms with Crippen LogP contribution in [0, 0.1) is 20.8 Å². The first kappa shape index (κ1) is 28.1. The summed E-state index contributed by atoms with van der Waals surface area (Å²) in [5, 5.41) is 8.59. The number of aryl methyl sites for hydroxylation is 3. The molecule has 7 nitrogen and oxygen atoms in total. The molecule has 0 saturated heterocycles. The van der Waals surface area contributed by atoms with Gasteiger partial charge in [-0.1, -0.05) is 62.3 Å². The van der Waals surface area contributed by atoms with Crippen LogP contribution in [0.2, 0.25) is 18.1 Å². The number of hydrogen-bond acceptors (Lipinski definition) is 6. The highest BCUT2D eigenvalue weighted by Crippen LogP contribution is 2.43. The highest BCUT2D eigenvalue weighted by Gasteiger charge is 2.37. The molecule has 0 fully saturated rings. The normalized spacial score (nSPS) is 12.6. The summed E-state index contributed by atoms with van der Waals surface area (Å²) in [6, 6.07) is 17.1. The van der Waals surface area contributed by atoms with Crippen LogP contribution in [0.3, 0.4) is 0 Å². The summed E-state index contributed by atoms with van der Waals surface area (Å²) in [6.45, 7) is 17.8. The van der Waals surface area contributed by atoms with Crippen molar-refractivity contribution in [1.29, 1.82) is 0 Å². The predicted molar refractivity (Wildman–Crippen MR) is 173 cm³/mol. The monoisotopic (exact) mass is 578 g/mol. The Balaban J connectivity index is 1.55. The van der Waals surface area contributed by atoms with Crippen molar-refractivity contribution in [2.45, 2.75) is 66.3 Å². The Hall–Kier alpha value is -4.01. The number of fused-ring (bicyclic) bond motifs is 4. The molecule has 0 bridgehead atoms. The molecule has 0 radical (unpaired) electrons. The molecule has 216 valence electrons. The van der Waals surface area contributed by atoms with Crippen molar-refractivity contribution in [3.8, 4) is 28.1 Å². The molecule has 0 aliphatic rings. The van der Waals surface area contributed by atoms with E-state index in [1.165, 1.54) is 10.9 Å². The molecular weight excluding hydrogens is 540 g/mol. The van der Waals surface area contributed by atoms with Crippen molar-refractivity contribution in [3.63, 3.8) is 0 Å². The summed E-state index contributed by atoms with van der Waals surface area (Å²) in [4.78, 5) is 13.4. The molecule has 0 saturated carbocycles. The number of methoxy groups -OCH3 is 1. The van der Waals surface area contributed by atoms with E-state index in [2.05, 4.69) is 92.5 Å². The summed E-state index contributed by atoms with van der Waals surface area (Å²) in [6.07, 6.45) is 0. The van der Waals surface area contributed by atoms with Crippen molar-refractivity contribution in [2.75, 3.05) is 7.11 Å². The van der Waals surface area contributed by atoms with E-state index in [1.54, 1.807) is 7.11 Å². The number of benzene rings is 3. The van der Waals surface area contributed by atoms with Gasteiger partial charge in [-0.15, -0.1) is 0 Å². The van der Waals surface area contributed by atoms with E-state index in [9.17, 15) is 0 Å². The van der Waals surface area contributed by atoms with Gasteiger partial charge in [-0.05, 0) is 67.4 Å². The molecule has 6 rings (SSSR count). The molecule has 42 heavy (non-hydrogen) atoms. The fourth-order valence-electron chi connectivity index (χ4n) is 5.53. The van der Waals surface area contributed by atoms with Crippen LogP contribution in [0.4, 0.5) is 0 Å². The molecule has 3 aromatic heterocycles. The Morgan fingerprint density at radius 2 is 1.64 bits per heavy atom. The fourth-order valence-corrected chi connectivity index (χ4v) is 6.48. The first-order chi connectivity index (χ1) is 19.9. The number of aromatic nitrogens is 4. The van der Waals surface area contributed by atoms with E-state index in [0.717, 1.165) is 66.9 Å². The second-order valence-electron chi connectivity index (χ2n) is 12.6. The molecule has 0 amide bonds. The maximum absolute atomic E-state index is 6.64. The summed E-state index contributed by atoms with van der Waals surface area (Å²) in [5.74, 6) is 2.20. The maximum atomic E-state index is 6.64. The summed E-state index contributed by atoms with van der Waals surface area (Å²) in [7, 11) is -0.213. The Labute approximate surface area is 247 Å². The highest BCUT2D eigenvalue weighted by molar-refractivity contribution is 6.74. The standard InChI is InChI=1S/C34H38N4O3Si/c1-19-30(20(2)41-38-19)27-16-28-26(17-29(27)39-7)31-32(35-21(3)36-33(31)37-28)25-15-14-22(23-12-10-11-13-24(23)25)18-40-42(8,9)34(4,5)6/h10-17H,18H2,1-9H3,(H,35,36,37). The van der Waals surface area contributed by atoms with Gasteiger partial charge in [0.15, 0.2) is 8.32 Å². The number of aromatic amines is 1. The third-order valence-electron chi connectivity index (χ3n) is 8.85. The zero-order valence-corrected chi connectivity index (χ0v) is 26.9. The quantitative estimate of drug-likeness (QED) is 0.198. The molecular formula is C34H38N4O3Si. The van der Waals surface area contributed by atoms with Gasteiger partial charge < -0.3 is 18.7 Å². The van der Waals surface area contributed by atoms with Gasteiger partial charge >= 0.3 is 0 Å². The predicted octanol–water partition coefficient (Wildman–Crippen LogP) is 9.04. The lowest BCUT2D eigenvalue weighted by molar-refractivity contribution is 0.277. The topological polar surface area (TPSA) is 86.1 Å². The average Bonchev–Trinajstić information content (AvgIpc) is 3.47. The molecule has 3 heterocycles. The Morgan fingerprint density at radius 3 is 2.31 bits per heavy atom. The summed E-state index contributed by atoms with van der Waals surface area (Å²) in [5.41, 5.74) is 7.57. The van der Waals surface area contributed by atoms with E-state index in [0.29, 0.717) is 12.4 Å². The number of H-pyrrole nitrogens is 1. The lowest BCUT2D eigenvalue weighted by Gasteiger charge is -2.36.